The Morgan fingerprint density at radius 1 is 1.71 bits per heavy atom. The molecule has 78 valence electrons. The maximum absolute atomic E-state index is 9.01. The van der Waals surface area contributed by atoms with E-state index in [1.165, 1.54) is 0 Å². The highest BCUT2D eigenvalue weighted by atomic mass is 16.5. The molecular weight excluding hydrogens is 182 g/mol. The number of nitrogens with two attached hydrogens (primary N) is 1. The number of hydrogen-bond acceptors (Lipinski definition) is 5. The van der Waals surface area contributed by atoms with Crippen LogP contribution in [-0.2, 0) is 4.74 Å². The van der Waals surface area contributed by atoms with Gasteiger partial charge < -0.3 is 20.9 Å². The summed E-state index contributed by atoms with van der Waals surface area (Å²) in [7, 11) is 1.58. The number of methoxy groups -OCH3 is 1. The number of ether oxygens (including phenoxy) is 1. The summed E-state index contributed by atoms with van der Waals surface area (Å²) < 4.78 is 4.92. The molecule has 0 amide bonds. The van der Waals surface area contributed by atoms with Crippen molar-refractivity contribution in [1.82, 2.24) is 4.98 Å². The van der Waals surface area contributed by atoms with Crippen LogP contribution in [-0.4, -0.2) is 36.5 Å². The van der Waals surface area contributed by atoms with E-state index in [0.29, 0.717) is 18.1 Å². The minimum Gasteiger partial charge on any atom is -0.394 e. The third-order valence-electron chi connectivity index (χ3n) is 1.79. The molecule has 0 aliphatic heterocycles. The van der Waals surface area contributed by atoms with E-state index in [0.717, 1.165) is 0 Å². The first-order valence-corrected chi connectivity index (χ1v) is 4.34. The van der Waals surface area contributed by atoms with Crippen LogP contribution < -0.4 is 11.1 Å². The number of anilines is 2. The molecule has 1 unspecified atom stereocenters. The number of aliphatic hydroxyl groups excluding tert-OH is 1. The van der Waals surface area contributed by atoms with Gasteiger partial charge in [0, 0.05) is 13.3 Å². The van der Waals surface area contributed by atoms with Gasteiger partial charge >= 0.3 is 0 Å². The van der Waals surface area contributed by atoms with E-state index in [4.69, 9.17) is 15.6 Å². The number of nitrogens with zero attached hydrogens (tertiary/aromatic N) is 1. The van der Waals surface area contributed by atoms with Crippen LogP contribution >= 0.6 is 0 Å². The van der Waals surface area contributed by atoms with Crippen molar-refractivity contribution < 1.29 is 9.84 Å². The highest BCUT2D eigenvalue weighted by molar-refractivity contribution is 5.61. The number of aromatic nitrogens is 1. The minimum absolute atomic E-state index is 0.0117. The van der Waals surface area contributed by atoms with Crippen LogP contribution in [0.1, 0.15) is 0 Å². The molecule has 0 radical (unpaired) electrons. The molecule has 14 heavy (non-hydrogen) atoms. The average Bonchev–Trinajstić information content (AvgIpc) is 2.20. The highest BCUT2D eigenvalue weighted by Crippen LogP contribution is 2.14. The summed E-state index contributed by atoms with van der Waals surface area (Å²) in [5, 5.41) is 12.0. The van der Waals surface area contributed by atoms with E-state index in [1.807, 2.05) is 0 Å². The van der Waals surface area contributed by atoms with E-state index in [1.54, 1.807) is 25.4 Å². The second kappa shape index (κ2) is 5.41. The summed E-state index contributed by atoms with van der Waals surface area (Å²) in [6.45, 7) is 0.410. The van der Waals surface area contributed by atoms with Crippen LogP contribution in [0.4, 0.5) is 11.5 Å². The van der Waals surface area contributed by atoms with Gasteiger partial charge in [-0.15, -0.1) is 0 Å². The molecule has 5 nitrogen and oxygen atoms in total. The molecule has 0 saturated carbocycles. The number of hydrogen-bond donors (Lipinski definition) is 3. The molecule has 1 aromatic heterocycles. The van der Waals surface area contributed by atoms with Crippen LogP contribution in [0.25, 0.3) is 0 Å². The SMILES string of the molecule is COCC(CO)Nc1cccnc1N. The fourth-order valence-electron chi connectivity index (χ4n) is 1.10. The lowest BCUT2D eigenvalue weighted by atomic mass is 10.3. The van der Waals surface area contributed by atoms with Crippen LogP contribution in [0.2, 0.25) is 0 Å². The lowest BCUT2D eigenvalue weighted by Gasteiger charge is -2.17. The Morgan fingerprint density at radius 2 is 2.50 bits per heavy atom. The fraction of sp³-hybridized carbons (Fsp3) is 0.444. The maximum Gasteiger partial charge on any atom is 0.146 e. The van der Waals surface area contributed by atoms with Crippen molar-refractivity contribution in [3.63, 3.8) is 0 Å². The lowest BCUT2D eigenvalue weighted by molar-refractivity contribution is 0.153. The summed E-state index contributed by atoms with van der Waals surface area (Å²) in [5.41, 5.74) is 6.34. The molecule has 1 rings (SSSR count). The number of rotatable bonds is 5. The smallest absolute Gasteiger partial charge is 0.146 e. The van der Waals surface area contributed by atoms with Crippen molar-refractivity contribution >= 4 is 11.5 Å². The number of pyridine rings is 1. The molecule has 1 aromatic rings. The second-order valence-electron chi connectivity index (χ2n) is 2.92. The molecule has 0 aliphatic rings. The predicted molar refractivity (Wildman–Crippen MR) is 55.0 cm³/mol. The summed E-state index contributed by atoms with van der Waals surface area (Å²) in [4.78, 5) is 3.92. The maximum atomic E-state index is 9.01. The molecule has 0 bridgehead atoms. The van der Waals surface area contributed by atoms with Gasteiger partial charge in [0.25, 0.3) is 0 Å². The molecule has 0 saturated heterocycles. The predicted octanol–water partition coefficient (Wildman–Crippen LogP) is 0.0830. The first kappa shape index (κ1) is 10.7. The van der Waals surface area contributed by atoms with Gasteiger partial charge in [-0.25, -0.2) is 4.98 Å². The largest absolute Gasteiger partial charge is 0.394 e. The van der Waals surface area contributed by atoms with Gasteiger partial charge in [-0.2, -0.15) is 0 Å². The Balaban J connectivity index is 2.62. The second-order valence-corrected chi connectivity index (χ2v) is 2.92. The van der Waals surface area contributed by atoms with E-state index in [2.05, 4.69) is 10.3 Å². The Hall–Kier alpha value is -1.33. The summed E-state index contributed by atoms with van der Waals surface area (Å²) in [6.07, 6.45) is 1.62. The van der Waals surface area contributed by atoms with Crippen molar-refractivity contribution in [2.45, 2.75) is 6.04 Å². The zero-order valence-corrected chi connectivity index (χ0v) is 8.10. The van der Waals surface area contributed by atoms with Gasteiger partial charge in [0.05, 0.1) is 24.9 Å². The number of nitrogens with one attached hydrogen (secondary N) is 1. The van der Waals surface area contributed by atoms with Crippen LogP contribution in [0.3, 0.4) is 0 Å². The monoisotopic (exact) mass is 197 g/mol. The first-order valence-electron chi connectivity index (χ1n) is 4.34. The Bertz CT molecular complexity index is 281. The summed E-state index contributed by atoms with van der Waals surface area (Å²) >= 11 is 0. The average molecular weight is 197 g/mol. The fourth-order valence-corrected chi connectivity index (χ4v) is 1.10. The molecule has 0 aliphatic carbocycles. The molecule has 0 spiro atoms. The van der Waals surface area contributed by atoms with Gasteiger partial charge in [0.2, 0.25) is 0 Å². The topological polar surface area (TPSA) is 80.4 Å². The normalized spacial score (nSPS) is 12.4. The first-order chi connectivity index (χ1) is 6.77. The molecule has 0 aromatic carbocycles. The Kier molecular flexibility index (Phi) is 4.15. The van der Waals surface area contributed by atoms with Gasteiger partial charge in [-0.3, -0.25) is 0 Å². The lowest BCUT2D eigenvalue weighted by Crippen LogP contribution is -2.29. The van der Waals surface area contributed by atoms with Crippen molar-refractivity contribution in [2.75, 3.05) is 31.4 Å². The van der Waals surface area contributed by atoms with Crippen molar-refractivity contribution in [3.05, 3.63) is 18.3 Å². The third-order valence-corrected chi connectivity index (χ3v) is 1.79. The van der Waals surface area contributed by atoms with Crippen molar-refractivity contribution in [2.24, 2.45) is 0 Å². The van der Waals surface area contributed by atoms with Gasteiger partial charge in [-0.05, 0) is 12.1 Å². The Morgan fingerprint density at radius 3 is 3.07 bits per heavy atom. The van der Waals surface area contributed by atoms with E-state index in [-0.39, 0.29) is 12.6 Å². The molecule has 4 N–H and O–H groups in total. The quantitative estimate of drug-likeness (QED) is 0.623. The summed E-state index contributed by atoms with van der Waals surface area (Å²) in [6, 6.07) is 3.42. The highest BCUT2D eigenvalue weighted by Gasteiger charge is 2.08. The third kappa shape index (κ3) is 2.86. The Labute approximate surface area is 82.9 Å². The molecule has 5 heteroatoms. The molecule has 1 heterocycles. The van der Waals surface area contributed by atoms with Crippen LogP contribution in [0.15, 0.2) is 18.3 Å². The van der Waals surface area contributed by atoms with Gasteiger partial charge in [0.1, 0.15) is 5.82 Å². The summed E-state index contributed by atoms with van der Waals surface area (Å²) in [5.74, 6) is 0.419. The van der Waals surface area contributed by atoms with Gasteiger partial charge in [-0.1, -0.05) is 0 Å². The number of nitrogen functional groups attached to an aromatic ring is 1. The van der Waals surface area contributed by atoms with E-state index >= 15 is 0 Å². The van der Waals surface area contributed by atoms with E-state index < -0.39 is 0 Å². The molecular formula is C9H15N3O2. The van der Waals surface area contributed by atoms with Crippen molar-refractivity contribution in [1.29, 1.82) is 0 Å². The minimum atomic E-state index is -0.161. The standard InChI is InChI=1S/C9H15N3O2/c1-14-6-7(5-13)12-8-3-2-4-11-9(8)10/h2-4,7,12-13H,5-6H2,1H3,(H2,10,11). The van der Waals surface area contributed by atoms with Gasteiger partial charge in [0.15, 0.2) is 0 Å². The van der Waals surface area contributed by atoms with Crippen LogP contribution in [0, 0.1) is 0 Å². The molecule has 0 fully saturated rings. The zero-order valence-electron chi connectivity index (χ0n) is 8.10. The van der Waals surface area contributed by atoms with Crippen LogP contribution in [0.5, 0.6) is 0 Å². The molecule has 1 atom stereocenters. The van der Waals surface area contributed by atoms with E-state index in [9.17, 15) is 0 Å². The zero-order chi connectivity index (χ0) is 10.4. The van der Waals surface area contributed by atoms with Crippen molar-refractivity contribution in [3.8, 4) is 0 Å². The number of aliphatic hydroxyl groups is 1.